The normalized spacial score (nSPS) is 17.0. The fraction of sp³-hybridized carbons (Fsp3) is 0.412. The highest BCUT2D eigenvalue weighted by atomic mass is 32.1. The minimum absolute atomic E-state index is 0.000627. The van der Waals surface area contributed by atoms with Crippen molar-refractivity contribution in [2.75, 3.05) is 24.5 Å². The third-order valence-electron chi connectivity index (χ3n) is 4.45. The number of hydrogen-bond acceptors (Lipinski definition) is 5. The van der Waals surface area contributed by atoms with Gasteiger partial charge in [0.05, 0.1) is 5.56 Å². The van der Waals surface area contributed by atoms with Crippen molar-refractivity contribution in [3.63, 3.8) is 0 Å². The second-order valence-electron chi connectivity index (χ2n) is 6.07. The molecule has 0 bridgehead atoms. The van der Waals surface area contributed by atoms with Gasteiger partial charge in [-0.1, -0.05) is 0 Å². The number of rotatable bonds is 2. The summed E-state index contributed by atoms with van der Waals surface area (Å²) in [4.78, 5) is 38.5. The lowest BCUT2D eigenvalue weighted by atomic mass is 10.1. The molecule has 0 spiro atoms. The number of anilines is 1. The van der Waals surface area contributed by atoms with E-state index < -0.39 is 0 Å². The topological polar surface area (TPSA) is 66.4 Å². The van der Waals surface area contributed by atoms with E-state index in [-0.39, 0.29) is 11.8 Å². The van der Waals surface area contributed by atoms with E-state index in [0.717, 1.165) is 43.6 Å². The summed E-state index contributed by atoms with van der Waals surface area (Å²) in [5.41, 5.74) is 0.547. The maximum atomic E-state index is 12.8. The Balaban J connectivity index is 1.63. The largest absolute Gasteiger partial charge is 0.337 e. The zero-order valence-corrected chi connectivity index (χ0v) is 14.1. The number of aryl methyl sites for hydroxylation is 1. The first-order valence-corrected chi connectivity index (χ1v) is 9.06. The molecule has 0 atom stereocenters. The molecule has 0 saturated carbocycles. The fourth-order valence-electron chi connectivity index (χ4n) is 3.21. The van der Waals surface area contributed by atoms with Crippen LogP contribution in [0, 0.1) is 0 Å². The van der Waals surface area contributed by atoms with Crippen LogP contribution in [0.3, 0.4) is 0 Å². The number of carbonyl (C=O) groups is 2. The van der Waals surface area contributed by atoms with E-state index in [9.17, 15) is 9.59 Å². The van der Waals surface area contributed by atoms with Gasteiger partial charge in [-0.25, -0.2) is 4.98 Å². The summed E-state index contributed by atoms with van der Waals surface area (Å²) in [5.74, 6) is 0.554. The Morgan fingerprint density at radius 3 is 2.67 bits per heavy atom. The molecule has 0 aromatic carbocycles. The molecule has 2 aliphatic rings. The van der Waals surface area contributed by atoms with E-state index >= 15 is 0 Å². The molecule has 2 aromatic heterocycles. The number of pyridine rings is 1. The minimum atomic E-state index is -0.102. The van der Waals surface area contributed by atoms with E-state index in [0.29, 0.717) is 22.9 Å². The standard InChI is InChI=1S/C17H18N4O2S/c22-16(12-5-3-7-18-11-12)21-10-4-6-13-14(21)19-15(24-13)17(23)20-8-1-2-9-20/h3,5,7,11H,1-2,4,6,8-10H2. The number of thiazole rings is 1. The average molecular weight is 342 g/mol. The van der Waals surface area contributed by atoms with Crippen LogP contribution < -0.4 is 4.90 Å². The van der Waals surface area contributed by atoms with Gasteiger partial charge >= 0.3 is 0 Å². The Labute approximate surface area is 144 Å². The molecule has 1 saturated heterocycles. The van der Waals surface area contributed by atoms with Crippen molar-refractivity contribution in [3.05, 3.63) is 40.0 Å². The van der Waals surface area contributed by atoms with Crippen LogP contribution in [0.25, 0.3) is 0 Å². The molecule has 0 N–H and O–H groups in total. The highest BCUT2D eigenvalue weighted by molar-refractivity contribution is 7.14. The number of fused-ring (bicyclic) bond motifs is 1. The third kappa shape index (κ3) is 2.69. The number of carbonyl (C=O) groups excluding carboxylic acids is 2. The van der Waals surface area contributed by atoms with Gasteiger partial charge in [0.2, 0.25) is 0 Å². The lowest BCUT2D eigenvalue weighted by molar-refractivity contribution is 0.0791. The van der Waals surface area contributed by atoms with Crippen LogP contribution >= 0.6 is 11.3 Å². The summed E-state index contributed by atoms with van der Waals surface area (Å²) in [5, 5.41) is 0.507. The fourth-order valence-corrected chi connectivity index (χ4v) is 4.29. The highest BCUT2D eigenvalue weighted by Crippen LogP contribution is 2.33. The Kier molecular flexibility index (Phi) is 4.02. The summed E-state index contributed by atoms with van der Waals surface area (Å²) >= 11 is 1.43. The first kappa shape index (κ1) is 15.3. The van der Waals surface area contributed by atoms with Gasteiger partial charge in [0, 0.05) is 36.9 Å². The van der Waals surface area contributed by atoms with Crippen molar-refractivity contribution < 1.29 is 9.59 Å². The predicted molar refractivity (Wildman–Crippen MR) is 91.5 cm³/mol. The molecule has 6 nitrogen and oxygen atoms in total. The Bertz CT molecular complexity index is 768. The van der Waals surface area contributed by atoms with Crippen LogP contribution in [-0.4, -0.2) is 46.3 Å². The third-order valence-corrected chi connectivity index (χ3v) is 5.54. The van der Waals surface area contributed by atoms with Crippen molar-refractivity contribution in [1.29, 1.82) is 0 Å². The Morgan fingerprint density at radius 2 is 1.92 bits per heavy atom. The lowest BCUT2D eigenvalue weighted by Gasteiger charge is -2.25. The van der Waals surface area contributed by atoms with Crippen LogP contribution in [0.15, 0.2) is 24.5 Å². The molecular weight excluding hydrogens is 324 g/mol. The van der Waals surface area contributed by atoms with E-state index in [1.165, 1.54) is 11.3 Å². The van der Waals surface area contributed by atoms with Crippen LogP contribution in [-0.2, 0) is 6.42 Å². The predicted octanol–water partition coefficient (Wildman–Crippen LogP) is 2.37. The number of likely N-dealkylation sites (tertiary alicyclic amines) is 1. The van der Waals surface area contributed by atoms with Crippen molar-refractivity contribution in [3.8, 4) is 0 Å². The number of aromatic nitrogens is 2. The van der Waals surface area contributed by atoms with E-state index in [4.69, 9.17) is 0 Å². The molecule has 4 rings (SSSR count). The molecule has 124 valence electrons. The second-order valence-corrected chi connectivity index (χ2v) is 7.15. The summed E-state index contributed by atoms with van der Waals surface area (Å²) in [6.45, 7) is 2.24. The van der Waals surface area contributed by atoms with Crippen molar-refractivity contribution in [1.82, 2.24) is 14.9 Å². The van der Waals surface area contributed by atoms with Gasteiger partial charge in [-0.2, -0.15) is 0 Å². The first-order chi connectivity index (χ1) is 11.7. The summed E-state index contributed by atoms with van der Waals surface area (Å²) < 4.78 is 0. The molecule has 4 heterocycles. The molecule has 0 unspecified atom stereocenters. The molecule has 2 amide bonds. The van der Waals surface area contributed by atoms with Crippen LogP contribution in [0.5, 0.6) is 0 Å². The Morgan fingerprint density at radius 1 is 1.08 bits per heavy atom. The zero-order chi connectivity index (χ0) is 16.5. The molecule has 1 fully saturated rings. The van der Waals surface area contributed by atoms with Gasteiger partial charge in [0.1, 0.15) is 0 Å². The maximum absolute atomic E-state index is 12.8. The molecule has 0 aliphatic carbocycles. The van der Waals surface area contributed by atoms with Gasteiger partial charge < -0.3 is 4.90 Å². The van der Waals surface area contributed by atoms with Gasteiger partial charge in [-0.15, -0.1) is 11.3 Å². The van der Waals surface area contributed by atoms with Gasteiger partial charge in [-0.3, -0.25) is 19.5 Å². The SMILES string of the molecule is O=C(c1nc2c(s1)CCCN2C(=O)c1cccnc1)N1CCCC1. The quantitative estimate of drug-likeness (QED) is 0.840. The van der Waals surface area contributed by atoms with Crippen molar-refractivity contribution >= 4 is 29.0 Å². The minimum Gasteiger partial charge on any atom is -0.337 e. The molecular formula is C17H18N4O2S. The summed E-state index contributed by atoms with van der Waals surface area (Å²) in [7, 11) is 0. The summed E-state index contributed by atoms with van der Waals surface area (Å²) in [6, 6.07) is 3.51. The molecule has 24 heavy (non-hydrogen) atoms. The van der Waals surface area contributed by atoms with Crippen molar-refractivity contribution in [2.45, 2.75) is 25.7 Å². The number of hydrogen-bond donors (Lipinski definition) is 0. The first-order valence-electron chi connectivity index (χ1n) is 8.25. The Hall–Kier alpha value is -2.28. The molecule has 0 radical (unpaired) electrons. The van der Waals surface area contributed by atoms with Crippen LogP contribution in [0.2, 0.25) is 0 Å². The van der Waals surface area contributed by atoms with Crippen LogP contribution in [0.1, 0.15) is 44.3 Å². The molecule has 7 heteroatoms. The number of amides is 2. The zero-order valence-electron chi connectivity index (χ0n) is 13.3. The summed E-state index contributed by atoms with van der Waals surface area (Å²) in [6.07, 6.45) is 7.09. The molecule has 2 aliphatic heterocycles. The molecule has 2 aromatic rings. The highest BCUT2D eigenvalue weighted by Gasteiger charge is 2.30. The lowest BCUT2D eigenvalue weighted by Crippen LogP contribution is -2.35. The monoisotopic (exact) mass is 342 g/mol. The van der Waals surface area contributed by atoms with Gasteiger partial charge in [0.15, 0.2) is 10.8 Å². The average Bonchev–Trinajstić information content (AvgIpc) is 3.30. The van der Waals surface area contributed by atoms with E-state index in [2.05, 4.69) is 9.97 Å². The second kappa shape index (κ2) is 6.32. The number of nitrogens with zero attached hydrogens (tertiary/aromatic N) is 4. The van der Waals surface area contributed by atoms with Crippen LogP contribution in [0.4, 0.5) is 5.82 Å². The smallest absolute Gasteiger partial charge is 0.282 e. The maximum Gasteiger partial charge on any atom is 0.282 e. The van der Waals surface area contributed by atoms with Gasteiger partial charge in [-0.05, 0) is 37.8 Å². The van der Waals surface area contributed by atoms with Crippen molar-refractivity contribution in [2.24, 2.45) is 0 Å². The van der Waals surface area contributed by atoms with E-state index in [1.54, 1.807) is 29.4 Å². The van der Waals surface area contributed by atoms with E-state index in [1.807, 2.05) is 4.90 Å². The van der Waals surface area contributed by atoms with Gasteiger partial charge in [0.25, 0.3) is 11.8 Å².